The van der Waals surface area contributed by atoms with Gasteiger partial charge in [0.25, 0.3) is 0 Å². The number of nitrogens with zero attached hydrogens (tertiary/aromatic N) is 3. The predicted octanol–water partition coefficient (Wildman–Crippen LogP) is 6.10. The maximum absolute atomic E-state index is 4.71. The van der Waals surface area contributed by atoms with Crippen molar-refractivity contribution >= 4 is 23.8 Å². The van der Waals surface area contributed by atoms with Crippen LogP contribution in [0.3, 0.4) is 0 Å². The maximum Gasteiger partial charge on any atom is 0.0626 e. The first-order valence-electron chi connectivity index (χ1n) is 9.94. The van der Waals surface area contributed by atoms with Crippen LogP contribution in [0, 0.1) is 0 Å². The molecule has 0 bridgehead atoms. The number of hydrogen-bond acceptors (Lipinski definition) is 3. The van der Waals surface area contributed by atoms with E-state index in [4.69, 9.17) is 4.98 Å². The molecule has 0 aliphatic rings. The molecule has 0 fully saturated rings. The molecule has 3 rings (SSSR count). The third-order valence-electron chi connectivity index (χ3n) is 4.64. The van der Waals surface area contributed by atoms with Crippen molar-refractivity contribution in [1.82, 2.24) is 4.98 Å². The first kappa shape index (κ1) is 19.7. The van der Waals surface area contributed by atoms with Gasteiger partial charge < -0.3 is 0 Å². The minimum atomic E-state index is 0.721. The molecule has 142 valence electrons. The minimum Gasteiger partial charge on any atom is -0.261 e. The van der Waals surface area contributed by atoms with Crippen molar-refractivity contribution in [2.45, 2.75) is 39.5 Å². The van der Waals surface area contributed by atoms with Crippen LogP contribution in [0.4, 0.5) is 11.4 Å². The van der Waals surface area contributed by atoms with Crippen LogP contribution in [0.5, 0.6) is 0 Å². The van der Waals surface area contributed by atoms with Crippen LogP contribution in [-0.4, -0.2) is 17.4 Å². The molecule has 28 heavy (non-hydrogen) atoms. The van der Waals surface area contributed by atoms with E-state index in [2.05, 4.69) is 72.4 Å². The zero-order valence-corrected chi connectivity index (χ0v) is 16.7. The van der Waals surface area contributed by atoms with Gasteiger partial charge in [-0.3, -0.25) is 15.0 Å². The van der Waals surface area contributed by atoms with Crippen molar-refractivity contribution < 1.29 is 0 Å². The Labute approximate surface area is 167 Å². The van der Waals surface area contributed by atoms with E-state index in [1.807, 2.05) is 30.6 Å². The van der Waals surface area contributed by atoms with E-state index in [9.17, 15) is 0 Å². The molecule has 2 aromatic carbocycles. The van der Waals surface area contributed by atoms with Gasteiger partial charge in [-0.25, -0.2) is 0 Å². The molecule has 0 amide bonds. The molecule has 0 aliphatic heterocycles. The molecule has 0 N–H and O–H groups in total. The van der Waals surface area contributed by atoms with Crippen LogP contribution < -0.4 is 0 Å². The lowest BCUT2D eigenvalue weighted by molar-refractivity contribution is 1.06. The highest BCUT2D eigenvalue weighted by atomic mass is 14.8. The smallest absolute Gasteiger partial charge is 0.0626 e. The number of aliphatic imine (C=N–C) groups is 2. The summed E-state index contributed by atoms with van der Waals surface area (Å²) in [5.74, 6) is 0. The Morgan fingerprint density at radius 2 is 1.07 bits per heavy atom. The van der Waals surface area contributed by atoms with Gasteiger partial charge in [-0.2, -0.15) is 0 Å². The summed E-state index contributed by atoms with van der Waals surface area (Å²) in [5.41, 5.74) is 6.66. The molecule has 3 aromatic rings. The third kappa shape index (κ3) is 5.98. The van der Waals surface area contributed by atoms with Crippen LogP contribution in [-0.2, 0) is 25.7 Å². The Morgan fingerprint density at radius 1 is 0.643 bits per heavy atom. The fourth-order valence-electron chi connectivity index (χ4n) is 2.88. The zero-order valence-electron chi connectivity index (χ0n) is 16.7. The highest BCUT2D eigenvalue weighted by Gasteiger charge is 1.97. The molecule has 3 nitrogen and oxygen atoms in total. The van der Waals surface area contributed by atoms with Crippen LogP contribution in [0.2, 0.25) is 0 Å². The van der Waals surface area contributed by atoms with E-state index in [0.29, 0.717) is 0 Å². The van der Waals surface area contributed by atoms with Crippen molar-refractivity contribution in [3.05, 3.63) is 89.2 Å². The molecule has 0 unspecified atom stereocenters. The van der Waals surface area contributed by atoms with Crippen molar-refractivity contribution in [1.29, 1.82) is 0 Å². The molecule has 0 radical (unpaired) electrons. The van der Waals surface area contributed by atoms with Gasteiger partial charge >= 0.3 is 0 Å². The summed E-state index contributed by atoms with van der Waals surface area (Å²) < 4.78 is 0. The summed E-state index contributed by atoms with van der Waals surface area (Å²) >= 11 is 0. The van der Waals surface area contributed by atoms with Crippen molar-refractivity contribution in [3.63, 3.8) is 0 Å². The zero-order chi connectivity index (χ0) is 19.6. The molecular formula is C25H27N3. The second kappa shape index (κ2) is 10.3. The van der Waals surface area contributed by atoms with E-state index >= 15 is 0 Å². The third-order valence-corrected chi connectivity index (χ3v) is 4.64. The van der Waals surface area contributed by atoms with E-state index in [1.165, 1.54) is 11.1 Å². The molecule has 0 saturated heterocycles. The quantitative estimate of drug-likeness (QED) is 0.442. The highest BCUT2D eigenvalue weighted by Crippen LogP contribution is 2.14. The van der Waals surface area contributed by atoms with Gasteiger partial charge in [0.15, 0.2) is 0 Å². The molecule has 1 aromatic heterocycles. The Kier molecular flexibility index (Phi) is 7.25. The maximum atomic E-state index is 4.71. The standard InChI is InChI=1S/C25H27N3/c1-3-20-8-12-22(13-9-20)26-18-16-24-6-5-7-25(28-24)17-19-27-23-14-10-21(4-2)11-15-23/h5-15,18-19H,3-4,16-17H2,1-2H3. The number of benzene rings is 2. The number of rotatable bonds is 8. The molecule has 0 saturated carbocycles. The Morgan fingerprint density at radius 3 is 1.46 bits per heavy atom. The number of hydrogen-bond donors (Lipinski definition) is 0. The van der Waals surface area contributed by atoms with Gasteiger partial charge in [0.2, 0.25) is 0 Å². The summed E-state index contributed by atoms with van der Waals surface area (Å²) in [7, 11) is 0. The Bertz CT molecular complexity index is 848. The molecule has 0 atom stereocenters. The molecule has 1 heterocycles. The van der Waals surface area contributed by atoms with E-state index in [0.717, 1.165) is 48.4 Å². The van der Waals surface area contributed by atoms with Gasteiger partial charge in [-0.1, -0.05) is 44.2 Å². The Balaban J connectivity index is 1.55. The lowest BCUT2D eigenvalue weighted by Gasteiger charge is -2.01. The normalized spacial score (nSPS) is 11.5. The molecular weight excluding hydrogens is 342 g/mol. The van der Waals surface area contributed by atoms with Crippen LogP contribution in [0.25, 0.3) is 0 Å². The first-order valence-corrected chi connectivity index (χ1v) is 9.94. The lowest BCUT2D eigenvalue weighted by atomic mass is 10.1. The topological polar surface area (TPSA) is 37.6 Å². The van der Waals surface area contributed by atoms with Gasteiger partial charge in [-0.05, 0) is 60.4 Å². The summed E-state index contributed by atoms with van der Waals surface area (Å²) in [6, 6.07) is 22.9. The second-order valence-corrected chi connectivity index (χ2v) is 6.69. The summed E-state index contributed by atoms with van der Waals surface area (Å²) in [6.07, 6.45) is 7.40. The summed E-state index contributed by atoms with van der Waals surface area (Å²) in [5, 5.41) is 0. The second-order valence-electron chi connectivity index (χ2n) is 6.69. The summed E-state index contributed by atoms with van der Waals surface area (Å²) in [6.45, 7) is 4.31. The highest BCUT2D eigenvalue weighted by molar-refractivity contribution is 5.67. The van der Waals surface area contributed by atoms with Gasteiger partial charge in [0, 0.05) is 36.7 Å². The van der Waals surface area contributed by atoms with Crippen LogP contribution in [0.1, 0.15) is 36.4 Å². The van der Waals surface area contributed by atoms with E-state index < -0.39 is 0 Å². The molecule has 3 heteroatoms. The lowest BCUT2D eigenvalue weighted by Crippen LogP contribution is -1.97. The fourth-order valence-corrected chi connectivity index (χ4v) is 2.88. The minimum absolute atomic E-state index is 0.721. The SMILES string of the molecule is CCc1ccc(N=CCc2cccc(CC=Nc3ccc(CC)cc3)n2)cc1. The number of aromatic nitrogens is 1. The van der Waals surface area contributed by atoms with Crippen LogP contribution in [0.15, 0.2) is 76.7 Å². The van der Waals surface area contributed by atoms with E-state index in [-0.39, 0.29) is 0 Å². The fraction of sp³-hybridized carbons (Fsp3) is 0.240. The van der Waals surface area contributed by atoms with Crippen molar-refractivity contribution in [2.75, 3.05) is 0 Å². The van der Waals surface area contributed by atoms with Gasteiger partial charge in [0.05, 0.1) is 11.4 Å². The van der Waals surface area contributed by atoms with Crippen LogP contribution >= 0.6 is 0 Å². The number of aryl methyl sites for hydroxylation is 2. The monoisotopic (exact) mass is 369 g/mol. The summed E-state index contributed by atoms with van der Waals surface area (Å²) in [4.78, 5) is 13.8. The van der Waals surface area contributed by atoms with Gasteiger partial charge in [0.1, 0.15) is 0 Å². The van der Waals surface area contributed by atoms with E-state index in [1.54, 1.807) is 0 Å². The van der Waals surface area contributed by atoms with Gasteiger partial charge in [-0.15, -0.1) is 0 Å². The van der Waals surface area contributed by atoms with Crippen molar-refractivity contribution in [2.24, 2.45) is 9.98 Å². The molecule has 0 spiro atoms. The number of pyridine rings is 1. The van der Waals surface area contributed by atoms with Crippen molar-refractivity contribution in [3.8, 4) is 0 Å². The average Bonchev–Trinajstić information content (AvgIpc) is 2.75. The Hall–Kier alpha value is -3.07. The molecule has 0 aliphatic carbocycles. The predicted molar refractivity (Wildman–Crippen MR) is 120 cm³/mol. The average molecular weight is 370 g/mol. The first-order chi connectivity index (χ1) is 13.8. The largest absolute Gasteiger partial charge is 0.261 e.